The van der Waals surface area contributed by atoms with Crippen molar-refractivity contribution < 1.29 is 14.3 Å². The number of nitriles is 1. The Kier molecular flexibility index (Phi) is 7.56. The summed E-state index contributed by atoms with van der Waals surface area (Å²) in [6.45, 7) is 3.18. The number of thioether (sulfide) groups is 1. The molecule has 172 valence electrons. The van der Waals surface area contributed by atoms with E-state index in [4.69, 9.17) is 9.47 Å². The predicted octanol–water partition coefficient (Wildman–Crippen LogP) is 5.67. The smallest absolute Gasteiger partial charge is 0.268 e. The highest BCUT2D eigenvalue weighted by Gasteiger charge is 2.26. The molecule has 0 saturated carbocycles. The fourth-order valence-corrected chi connectivity index (χ4v) is 4.57. The number of rotatable bonds is 8. The lowest BCUT2D eigenvalue weighted by Crippen LogP contribution is -2.29. The second-order valence-corrected chi connectivity index (χ2v) is 9.09. The van der Waals surface area contributed by atoms with Crippen LogP contribution in [-0.4, -0.2) is 31.9 Å². The number of anilines is 1. The molecule has 0 radical (unpaired) electrons. The number of methoxy groups -OCH3 is 1. The molecule has 0 aliphatic carbocycles. The van der Waals surface area contributed by atoms with Crippen LogP contribution in [0.4, 0.5) is 5.69 Å². The maximum Gasteiger partial charge on any atom is 0.268 e. The molecule has 0 spiro atoms. The Bertz CT molecular complexity index is 1250. The van der Waals surface area contributed by atoms with Gasteiger partial charge < -0.3 is 14.4 Å². The van der Waals surface area contributed by atoms with Gasteiger partial charge in [-0.2, -0.15) is 5.26 Å². The molecule has 0 unspecified atom stereocenters. The van der Waals surface area contributed by atoms with E-state index in [-0.39, 0.29) is 11.5 Å². The third-order valence-electron chi connectivity index (χ3n) is 5.61. The number of ether oxygens (including phenoxy) is 2. The number of hydrogen-bond donors (Lipinski definition) is 0. The standard InChI is InChI=1S/C28H26N2O3S/c1-20-7-10-24(11-8-20)34-16-15-33-26-12-9-21(18-27(26)32-2)17-23(19-29)28(31)30-14-13-22-5-3-4-6-25(22)30/h3-12,17-18H,13-16H2,1-2H3/b23-17+. The molecule has 0 saturated heterocycles. The first-order valence-corrected chi connectivity index (χ1v) is 12.1. The molecular weight excluding hydrogens is 444 g/mol. The molecule has 1 aliphatic rings. The number of hydrogen-bond acceptors (Lipinski definition) is 5. The number of benzene rings is 3. The van der Waals surface area contributed by atoms with E-state index in [0.29, 0.717) is 30.2 Å². The highest BCUT2D eigenvalue weighted by atomic mass is 32.2. The van der Waals surface area contributed by atoms with E-state index in [2.05, 4.69) is 37.3 Å². The Labute approximate surface area is 204 Å². The normalized spacial score (nSPS) is 12.7. The quantitative estimate of drug-likeness (QED) is 0.184. The Morgan fingerprint density at radius 1 is 1.12 bits per heavy atom. The van der Waals surface area contributed by atoms with Crippen molar-refractivity contribution in [2.45, 2.75) is 18.2 Å². The molecule has 3 aromatic rings. The molecule has 1 heterocycles. The van der Waals surface area contributed by atoms with E-state index in [9.17, 15) is 10.1 Å². The van der Waals surface area contributed by atoms with Crippen LogP contribution in [-0.2, 0) is 11.2 Å². The number of aryl methyl sites for hydroxylation is 1. The van der Waals surface area contributed by atoms with Crippen LogP contribution in [0.25, 0.3) is 6.08 Å². The summed E-state index contributed by atoms with van der Waals surface area (Å²) in [5, 5.41) is 9.68. The maximum absolute atomic E-state index is 13.1. The van der Waals surface area contributed by atoms with Crippen LogP contribution in [0.5, 0.6) is 11.5 Å². The molecule has 0 aromatic heterocycles. The second kappa shape index (κ2) is 11.0. The van der Waals surface area contributed by atoms with Crippen molar-refractivity contribution >= 4 is 29.4 Å². The van der Waals surface area contributed by atoms with Crippen molar-refractivity contribution in [1.29, 1.82) is 5.26 Å². The van der Waals surface area contributed by atoms with Gasteiger partial charge in [-0.25, -0.2) is 0 Å². The van der Waals surface area contributed by atoms with Gasteiger partial charge in [0.15, 0.2) is 11.5 Å². The Morgan fingerprint density at radius 2 is 1.91 bits per heavy atom. The zero-order chi connectivity index (χ0) is 23.9. The van der Waals surface area contributed by atoms with Crippen LogP contribution in [0.2, 0.25) is 0 Å². The lowest BCUT2D eigenvalue weighted by Gasteiger charge is -2.16. The van der Waals surface area contributed by atoms with Gasteiger partial charge in [0, 0.05) is 22.9 Å². The van der Waals surface area contributed by atoms with Gasteiger partial charge in [0.1, 0.15) is 11.6 Å². The van der Waals surface area contributed by atoms with Gasteiger partial charge in [-0.05, 0) is 60.9 Å². The lowest BCUT2D eigenvalue weighted by atomic mass is 10.1. The predicted molar refractivity (Wildman–Crippen MR) is 136 cm³/mol. The van der Waals surface area contributed by atoms with Crippen molar-refractivity contribution in [3.05, 3.63) is 89.0 Å². The Morgan fingerprint density at radius 3 is 2.68 bits per heavy atom. The summed E-state index contributed by atoms with van der Waals surface area (Å²) >= 11 is 1.73. The number of nitrogens with zero attached hydrogens (tertiary/aromatic N) is 2. The molecule has 34 heavy (non-hydrogen) atoms. The van der Waals surface area contributed by atoms with E-state index >= 15 is 0 Å². The maximum atomic E-state index is 13.1. The summed E-state index contributed by atoms with van der Waals surface area (Å²) in [6.07, 6.45) is 2.39. The lowest BCUT2D eigenvalue weighted by molar-refractivity contribution is -0.114. The monoisotopic (exact) mass is 470 g/mol. The molecule has 3 aromatic carbocycles. The third-order valence-corrected chi connectivity index (χ3v) is 6.59. The SMILES string of the molecule is COc1cc(/C=C(\C#N)C(=O)N2CCc3ccccc32)ccc1OCCSc1ccc(C)cc1. The van der Waals surface area contributed by atoms with Crippen LogP contribution in [0.15, 0.2) is 77.2 Å². The molecule has 0 N–H and O–H groups in total. The third kappa shape index (κ3) is 5.44. The highest BCUT2D eigenvalue weighted by Crippen LogP contribution is 2.31. The topological polar surface area (TPSA) is 62.6 Å². The average molecular weight is 471 g/mol. The number of carbonyl (C=O) groups excluding carboxylic acids is 1. The summed E-state index contributed by atoms with van der Waals surface area (Å²) in [5.74, 6) is 1.70. The summed E-state index contributed by atoms with van der Waals surface area (Å²) in [5.41, 5.74) is 4.03. The van der Waals surface area contributed by atoms with Crippen LogP contribution in [0.3, 0.4) is 0 Å². The molecule has 0 bridgehead atoms. The number of para-hydroxylation sites is 1. The number of fused-ring (bicyclic) bond motifs is 1. The summed E-state index contributed by atoms with van der Waals surface area (Å²) in [7, 11) is 1.58. The summed E-state index contributed by atoms with van der Waals surface area (Å²) in [6, 6.07) is 23.7. The van der Waals surface area contributed by atoms with E-state index in [1.807, 2.05) is 36.4 Å². The van der Waals surface area contributed by atoms with Gasteiger partial charge in [-0.1, -0.05) is 42.0 Å². The fourth-order valence-electron chi connectivity index (χ4n) is 3.84. The Hall–Kier alpha value is -3.69. The summed E-state index contributed by atoms with van der Waals surface area (Å²) in [4.78, 5) is 15.9. The molecule has 5 nitrogen and oxygen atoms in total. The zero-order valence-electron chi connectivity index (χ0n) is 19.3. The van der Waals surface area contributed by atoms with Crippen LogP contribution in [0, 0.1) is 18.3 Å². The van der Waals surface area contributed by atoms with Gasteiger partial charge in [-0.3, -0.25) is 4.79 Å². The van der Waals surface area contributed by atoms with E-state index in [1.54, 1.807) is 35.9 Å². The minimum atomic E-state index is -0.292. The molecular formula is C28H26N2O3S. The van der Waals surface area contributed by atoms with Gasteiger partial charge >= 0.3 is 0 Å². The molecule has 1 aliphatic heterocycles. The van der Waals surface area contributed by atoms with Crippen LogP contribution < -0.4 is 14.4 Å². The van der Waals surface area contributed by atoms with E-state index in [0.717, 1.165) is 23.4 Å². The Balaban J connectivity index is 1.42. The number of carbonyl (C=O) groups is 1. The molecule has 4 rings (SSSR count). The minimum absolute atomic E-state index is 0.0851. The van der Waals surface area contributed by atoms with E-state index in [1.165, 1.54) is 10.5 Å². The largest absolute Gasteiger partial charge is 0.493 e. The fraction of sp³-hybridized carbons (Fsp3) is 0.214. The first-order chi connectivity index (χ1) is 16.6. The van der Waals surface area contributed by atoms with Gasteiger partial charge in [0.05, 0.1) is 13.7 Å². The van der Waals surface area contributed by atoms with Crippen molar-refractivity contribution in [2.75, 3.05) is 30.9 Å². The van der Waals surface area contributed by atoms with Crippen molar-refractivity contribution in [3.63, 3.8) is 0 Å². The van der Waals surface area contributed by atoms with Crippen LogP contribution in [0.1, 0.15) is 16.7 Å². The van der Waals surface area contributed by atoms with Gasteiger partial charge in [0.25, 0.3) is 5.91 Å². The first-order valence-electron chi connectivity index (χ1n) is 11.1. The van der Waals surface area contributed by atoms with Crippen LogP contribution >= 0.6 is 11.8 Å². The zero-order valence-corrected chi connectivity index (χ0v) is 20.1. The first kappa shape index (κ1) is 23.5. The van der Waals surface area contributed by atoms with Crippen molar-refractivity contribution in [1.82, 2.24) is 0 Å². The van der Waals surface area contributed by atoms with Gasteiger partial charge in [0.2, 0.25) is 0 Å². The minimum Gasteiger partial charge on any atom is -0.493 e. The molecule has 6 heteroatoms. The molecule has 0 fully saturated rings. The second-order valence-electron chi connectivity index (χ2n) is 7.93. The molecule has 0 atom stereocenters. The number of amides is 1. The van der Waals surface area contributed by atoms with Crippen molar-refractivity contribution in [3.8, 4) is 17.6 Å². The molecule has 1 amide bonds. The van der Waals surface area contributed by atoms with Crippen molar-refractivity contribution in [2.24, 2.45) is 0 Å². The average Bonchev–Trinajstić information content (AvgIpc) is 3.30. The highest BCUT2D eigenvalue weighted by molar-refractivity contribution is 7.99. The van der Waals surface area contributed by atoms with E-state index < -0.39 is 0 Å². The summed E-state index contributed by atoms with van der Waals surface area (Å²) < 4.78 is 11.4. The van der Waals surface area contributed by atoms with Gasteiger partial charge in [-0.15, -0.1) is 11.8 Å².